The summed E-state index contributed by atoms with van der Waals surface area (Å²) in [5.41, 5.74) is 0. The topological polar surface area (TPSA) is 12.0 Å². The fourth-order valence-corrected chi connectivity index (χ4v) is 8.44. The van der Waals surface area contributed by atoms with Crippen molar-refractivity contribution in [2.24, 2.45) is 17.8 Å². The molecule has 0 aromatic heterocycles. The molecule has 0 saturated heterocycles. The van der Waals surface area contributed by atoms with Crippen LogP contribution in [0.4, 0.5) is 0 Å². The minimum absolute atomic E-state index is 0.151. The molecule has 0 amide bonds. The molecule has 1 nitrogen and oxygen atoms in total. The van der Waals surface area contributed by atoms with Gasteiger partial charge in [-0.15, -0.1) is 0 Å². The highest BCUT2D eigenvalue weighted by Gasteiger charge is 2.31. The summed E-state index contributed by atoms with van der Waals surface area (Å²) in [6.45, 7) is 0. The summed E-state index contributed by atoms with van der Waals surface area (Å²) in [5.74, 6) is 3.01. The van der Waals surface area contributed by atoms with Crippen LogP contribution in [-0.2, 0) is 0 Å². The van der Waals surface area contributed by atoms with E-state index in [2.05, 4.69) is 5.32 Å². The Labute approximate surface area is 208 Å². The van der Waals surface area contributed by atoms with Crippen molar-refractivity contribution in [2.45, 2.75) is 178 Å². The summed E-state index contributed by atoms with van der Waals surface area (Å²) in [6.07, 6.45) is 36.0. The lowest BCUT2D eigenvalue weighted by Crippen LogP contribution is -2.40. The van der Waals surface area contributed by atoms with Gasteiger partial charge in [-0.25, -0.2) is 0 Å². The molecule has 4 aliphatic carbocycles. The molecule has 2 heteroatoms. The first kappa shape index (κ1) is 26.1. The maximum Gasteiger partial charge on any atom is 0.0746 e. The Kier molecular flexibility index (Phi) is 11.0. The largest absolute Gasteiger partial charge is 0.311 e. The van der Waals surface area contributed by atoms with Gasteiger partial charge in [0.2, 0.25) is 0 Å². The predicted molar refractivity (Wildman–Crippen MR) is 145 cm³/mol. The van der Waals surface area contributed by atoms with E-state index in [1.807, 2.05) is 0 Å². The van der Waals surface area contributed by atoms with Crippen LogP contribution in [-0.4, -0.2) is 19.9 Å². The van der Waals surface area contributed by atoms with Crippen LogP contribution in [0, 0.1) is 17.8 Å². The highest BCUT2D eigenvalue weighted by Crippen LogP contribution is 2.46. The van der Waals surface area contributed by atoms with Crippen LogP contribution in [0.5, 0.6) is 0 Å². The van der Waals surface area contributed by atoms with Crippen molar-refractivity contribution in [1.29, 1.82) is 0 Å². The molecule has 2 radical (unpaired) electrons. The van der Waals surface area contributed by atoms with E-state index < -0.39 is 0 Å². The van der Waals surface area contributed by atoms with E-state index in [9.17, 15) is 0 Å². The van der Waals surface area contributed by atoms with Gasteiger partial charge >= 0.3 is 0 Å². The van der Waals surface area contributed by atoms with Gasteiger partial charge in [0.05, 0.1) is 7.85 Å². The molecule has 2 unspecified atom stereocenters. The summed E-state index contributed by atoms with van der Waals surface area (Å²) in [6, 6.07) is 1.55. The molecule has 4 fully saturated rings. The van der Waals surface area contributed by atoms with Crippen LogP contribution in [0.2, 0.25) is 5.31 Å². The minimum Gasteiger partial charge on any atom is -0.311 e. The van der Waals surface area contributed by atoms with E-state index in [1.165, 1.54) is 161 Å². The lowest BCUT2D eigenvalue weighted by Gasteiger charge is -2.39. The van der Waals surface area contributed by atoms with Crippen molar-refractivity contribution < 1.29 is 0 Å². The Bertz CT molecular complexity index is 509. The van der Waals surface area contributed by atoms with Gasteiger partial charge in [-0.05, 0) is 49.9 Å². The standard InChI is InChI=1S/C31H56BN/c32-31(25-26-13-5-4-6-14-26)23-11-19-29(20-12-24-31)33-30-18-10-9-17-28(21-22-30)27-15-7-2-1-3-8-16-27/h26-30,33H,1-25H2. The molecule has 1 N–H and O–H groups in total. The smallest absolute Gasteiger partial charge is 0.0746 e. The Morgan fingerprint density at radius 2 is 0.939 bits per heavy atom. The summed E-state index contributed by atoms with van der Waals surface area (Å²) in [5, 5.41) is 4.36. The summed E-state index contributed by atoms with van der Waals surface area (Å²) < 4.78 is 0. The Morgan fingerprint density at radius 1 is 0.485 bits per heavy atom. The SMILES string of the molecule is [B]C1(CC2CCCCC2)CCCC(NC2CCCCC(C3CCCCCCC3)CC2)CCC1. The van der Waals surface area contributed by atoms with Crippen LogP contribution in [0.1, 0.15) is 161 Å². The van der Waals surface area contributed by atoms with Gasteiger partial charge in [-0.1, -0.05) is 134 Å². The fraction of sp³-hybridized carbons (Fsp3) is 1.00. The second-order valence-electron chi connectivity index (χ2n) is 13.1. The van der Waals surface area contributed by atoms with E-state index in [0.29, 0.717) is 0 Å². The van der Waals surface area contributed by atoms with Crippen LogP contribution < -0.4 is 5.32 Å². The molecule has 33 heavy (non-hydrogen) atoms. The van der Waals surface area contributed by atoms with Gasteiger partial charge in [-0.3, -0.25) is 0 Å². The lowest BCUT2D eigenvalue weighted by molar-refractivity contribution is 0.200. The number of nitrogens with one attached hydrogen (secondary N) is 1. The second kappa shape index (κ2) is 13.9. The second-order valence-corrected chi connectivity index (χ2v) is 13.1. The fourth-order valence-electron chi connectivity index (χ4n) is 8.44. The monoisotopic (exact) mass is 453 g/mol. The first-order valence-corrected chi connectivity index (χ1v) is 15.8. The number of hydrogen-bond donors (Lipinski definition) is 1. The third kappa shape index (κ3) is 8.88. The molecule has 2 atom stereocenters. The average molecular weight is 454 g/mol. The molecular weight excluding hydrogens is 397 g/mol. The van der Waals surface area contributed by atoms with Crippen molar-refractivity contribution in [3.8, 4) is 0 Å². The van der Waals surface area contributed by atoms with E-state index in [1.54, 1.807) is 0 Å². The van der Waals surface area contributed by atoms with Crippen LogP contribution in [0.15, 0.2) is 0 Å². The maximum atomic E-state index is 7.01. The Morgan fingerprint density at radius 3 is 1.64 bits per heavy atom. The Hall–Kier alpha value is 0.0249. The summed E-state index contributed by atoms with van der Waals surface area (Å²) >= 11 is 0. The van der Waals surface area contributed by atoms with Crippen LogP contribution >= 0.6 is 0 Å². The third-order valence-corrected chi connectivity index (χ3v) is 10.4. The molecule has 4 rings (SSSR count). The van der Waals surface area contributed by atoms with Crippen molar-refractivity contribution in [1.82, 2.24) is 5.32 Å². The molecule has 0 spiro atoms. The average Bonchev–Trinajstić information content (AvgIpc) is 2.75. The zero-order chi connectivity index (χ0) is 22.8. The van der Waals surface area contributed by atoms with E-state index in [-0.39, 0.29) is 5.31 Å². The maximum absolute atomic E-state index is 7.01. The van der Waals surface area contributed by atoms with Crippen molar-refractivity contribution in [2.75, 3.05) is 0 Å². The zero-order valence-electron chi connectivity index (χ0n) is 22.1. The van der Waals surface area contributed by atoms with Crippen LogP contribution in [0.25, 0.3) is 0 Å². The minimum atomic E-state index is 0.151. The molecule has 4 saturated carbocycles. The quantitative estimate of drug-likeness (QED) is 0.409. The number of hydrogen-bond acceptors (Lipinski definition) is 1. The van der Waals surface area contributed by atoms with E-state index >= 15 is 0 Å². The molecule has 0 aromatic rings. The van der Waals surface area contributed by atoms with Gasteiger partial charge < -0.3 is 5.32 Å². The first-order valence-electron chi connectivity index (χ1n) is 15.8. The molecule has 0 aromatic carbocycles. The predicted octanol–water partition coefficient (Wildman–Crippen LogP) is 9.30. The lowest BCUT2D eigenvalue weighted by atomic mass is 9.57. The summed E-state index contributed by atoms with van der Waals surface area (Å²) in [4.78, 5) is 0. The highest BCUT2D eigenvalue weighted by atomic mass is 14.9. The zero-order valence-corrected chi connectivity index (χ0v) is 22.1. The summed E-state index contributed by atoms with van der Waals surface area (Å²) in [7, 11) is 7.01. The van der Waals surface area contributed by atoms with Crippen LogP contribution in [0.3, 0.4) is 0 Å². The van der Waals surface area contributed by atoms with Gasteiger partial charge in [0, 0.05) is 12.1 Å². The normalized spacial score (nSPS) is 37.2. The van der Waals surface area contributed by atoms with E-state index in [4.69, 9.17) is 7.85 Å². The molecule has 0 heterocycles. The first-order chi connectivity index (χ1) is 16.2. The highest BCUT2D eigenvalue weighted by molar-refractivity contribution is 6.15. The molecule has 0 bridgehead atoms. The van der Waals surface area contributed by atoms with Gasteiger partial charge in [-0.2, -0.15) is 0 Å². The van der Waals surface area contributed by atoms with Gasteiger partial charge in [0.25, 0.3) is 0 Å². The third-order valence-electron chi connectivity index (χ3n) is 10.4. The Balaban J connectivity index is 1.20. The number of rotatable bonds is 5. The van der Waals surface area contributed by atoms with Crippen molar-refractivity contribution in [3.05, 3.63) is 0 Å². The van der Waals surface area contributed by atoms with Crippen molar-refractivity contribution in [3.63, 3.8) is 0 Å². The molecule has 4 aliphatic rings. The van der Waals surface area contributed by atoms with E-state index in [0.717, 1.165) is 29.8 Å². The molecule has 0 aliphatic heterocycles. The molecular formula is C31H56BN. The van der Waals surface area contributed by atoms with Crippen molar-refractivity contribution >= 4 is 7.85 Å². The van der Waals surface area contributed by atoms with Gasteiger partial charge in [0.1, 0.15) is 0 Å². The molecule has 188 valence electrons. The van der Waals surface area contributed by atoms with Gasteiger partial charge in [0.15, 0.2) is 0 Å².